The average Bonchev–Trinajstić information content (AvgIpc) is 3.09. The van der Waals surface area contributed by atoms with Crippen LogP contribution in [0.25, 0.3) is 0 Å². The zero-order valence-corrected chi connectivity index (χ0v) is 16.4. The molecule has 0 radical (unpaired) electrons. The molecule has 0 unspecified atom stereocenters. The van der Waals surface area contributed by atoms with Crippen LogP contribution in [0.5, 0.6) is 0 Å². The second kappa shape index (κ2) is 30.2. The molecule has 0 aromatic carbocycles. The van der Waals surface area contributed by atoms with E-state index in [0.717, 1.165) is 38.5 Å². The summed E-state index contributed by atoms with van der Waals surface area (Å²) in [6, 6.07) is 0. The number of rotatable bonds is 9. The van der Waals surface area contributed by atoms with Gasteiger partial charge in [-0.25, -0.2) is 0 Å². The first-order valence-corrected chi connectivity index (χ1v) is 9.06. The fraction of sp³-hybridized carbons (Fsp3) is 0.500. The van der Waals surface area contributed by atoms with Crippen molar-refractivity contribution in [1.29, 1.82) is 0 Å². The number of hydrogen-bond donors (Lipinski definition) is 0. The fourth-order valence-electron chi connectivity index (χ4n) is 1.13. The van der Waals surface area contributed by atoms with Crippen molar-refractivity contribution in [3.8, 4) is 0 Å². The molecule has 134 valence electrons. The van der Waals surface area contributed by atoms with Crippen LogP contribution in [-0.2, 0) is 20.4 Å². The molecule has 4 heteroatoms. The van der Waals surface area contributed by atoms with E-state index in [4.69, 9.17) is 0 Å². The van der Waals surface area contributed by atoms with E-state index in [-0.39, 0.29) is 19.8 Å². The third-order valence-corrected chi connectivity index (χ3v) is 3.01. The van der Waals surface area contributed by atoms with Gasteiger partial charge in [-0.05, 0) is 19.3 Å². The van der Waals surface area contributed by atoms with Crippen LogP contribution in [0.4, 0.5) is 0 Å². The van der Waals surface area contributed by atoms with Gasteiger partial charge < -0.3 is 15.3 Å². The molecule has 0 amide bonds. The molecule has 0 aromatic rings. The van der Waals surface area contributed by atoms with Gasteiger partial charge in [0.05, 0.1) is 0 Å². The quantitative estimate of drug-likeness (QED) is 0.356. The first kappa shape index (κ1) is 28.1. The molecule has 1 aliphatic rings. The number of unbranched alkanes of at least 4 members (excludes halogenated alkanes) is 3. The zero-order valence-electron chi connectivity index (χ0n) is 14.9. The van der Waals surface area contributed by atoms with Crippen LogP contribution < -0.4 is 15.3 Å². The van der Waals surface area contributed by atoms with Gasteiger partial charge in [0.25, 0.3) is 0 Å². The molecule has 0 fully saturated rings. The Morgan fingerprint density at radius 1 is 0.833 bits per heavy atom. The van der Waals surface area contributed by atoms with Crippen LogP contribution in [0.1, 0.15) is 44.9 Å². The van der Waals surface area contributed by atoms with Gasteiger partial charge in [-0.3, -0.25) is 0 Å². The van der Waals surface area contributed by atoms with Crippen molar-refractivity contribution < 1.29 is 35.8 Å². The van der Waals surface area contributed by atoms with Crippen LogP contribution in [0.3, 0.4) is 0 Å². The topological polar surface area (TPSA) is 69.2 Å². The molecule has 1 aliphatic carbocycles. The standard InChI is InChI=1S/3C5H9O.C5H5.Ti/c3*1-2-3-4-5-6;1-2-4-5-3-1;/h3*2H,1,3-5H2;1-3H,4H2;/q3*-1;;+3. The number of hydrogen-bond acceptors (Lipinski definition) is 3. The van der Waals surface area contributed by atoms with E-state index in [1.807, 2.05) is 0 Å². The van der Waals surface area contributed by atoms with Crippen LogP contribution in [-0.4, -0.2) is 19.8 Å². The SMILES string of the molecule is C=CCCC[O-].C=CCCC[O-].C=CCCC[O-].[Ti+3][C]1=CC=CC1. The minimum atomic E-state index is 0.0337. The minimum absolute atomic E-state index is 0.0337. The summed E-state index contributed by atoms with van der Waals surface area (Å²) in [6.45, 7) is 10.5. The average molecular weight is 368 g/mol. The molecule has 1 rings (SSSR count). The molecular weight excluding hydrogens is 336 g/mol. The van der Waals surface area contributed by atoms with E-state index in [1.165, 1.54) is 10.3 Å². The van der Waals surface area contributed by atoms with Gasteiger partial charge in [-0.1, -0.05) is 37.5 Å². The van der Waals surface area contributed by atoms with Gasteiger partial charge in [-0.15, -0.1) is 39.6 Å². The Morgan fingerprint density at radius 3 is 1.29 bits per heavy atom. The normalized spacial score (nSPS) is 10.8. The molecular formula is C20H32O3Ti. The van der Waals surface area contributed by atoms with Crippen LogP contribution >= 0.6 is 0 Å². The van der Waals surface area contributed by atoms with Crippen molar-refractivity contribution >= 4 is 0 Å². The van der Waals surface area contributed by atoms with Gasteiger partial charge in [0, 0.05) is 0 Å². The van der Waals surface area contributed by atoms with Crippen LogP contribution in [0.15, 0.2) is 60.1 Å². The molecule has 0 spiro atoms. The number of allylic oxidation sites excluding steroid dienone is 7. The van der Waals surface area contributed by atoms with E-state index in [2.05, 4.69) is 58.4 Å². The predicted molar refractivity (Wildman–Crippen MR) is 94.7 cm³/mol. The zero-order chi connectivity index (χ0) is 18.9. The monoisotopic (exact) mass is 368 g/mol. The summed E-state index contributed by atoms with van der Waals surface area (Å²) in [5, 5.41) is 28.9. The fourth-order valence-corrected chi connectivity index (χ4v) is 1.46. The summed E-state index contributed by atoms with van der Waals surface area (Å²) in [4.78, 5) is 0. The maximum absolute atomic E-state index is 9.64. The van der Waals surface area contributed by atoms with E-state index in [0.29, 0.717) is 0 Å². The predicted octanol–water partition coefficient (Wildman–Crippen LogP) is 2.32. The van der Waals surface area contributed by atoms with Crippen molar-refractivity contribution in [2.75, 3.05) is 19.8 Å². The van der Waals surface area contributed by atoms with Gasteiger partial charge in [0.1, 0.15) is 0 Å². The maximum atomic E-state index is 9.64. The summed E-state index contributed by atoms with van der Waals surface area (Å²) in [7, 11) is 0. The summed E-state index contributed by atoms with van der Waals surface area (Å²) < 4.78 is 1.47. The van der Waals surface area contributed by atoms with Crippen molar-refractivity contribution in [3.63, 3.8) is 0 Å². The Morgan fingerprint density at radius 2 is 1.21 bits per heavy atom. The van der Waals surface area contributed by atoms with E-state index >= 15 is 0 Å². The Balaban J connectivity index is -0.000000245. The molecule has 0 saturated carbocycles. The molecule has 0 atom stereocenters. The Bertz CT molecular complexity index is 294. The van der Waals surface area contributed by atoms with E-state index in [1.54, 1.807) is 18.2 Å². The summed E-state index contributed by atoms with van der Waals surface area (Å²) >= 11 is 2.14. The second-order valence-electron chi connectivity index (χ2n) is 4.73. The van der Waals surface area contributed by atoms with Gasteiger partial charge >= 0.3 is 49.0 Å². The Kier molecular flexibility index (Phi) is 35.4. The third kappa shape index (κ3) is 37.5. The molecule has 0 N–H and O–H groups in total. The molecule has 0 saturated heterocycles. The van der Waals surface area contributed by atoms with Crippen molar-refractivity contribution in [2.45, 2.75) is 44.9 Å². The molecule has 0 bridgehead atoms. The van der Waals surface area contributed by atoms with Crippen LogP contribution in [0.2, 0.25) is 0 Å². The molecule has 3 nitrogen and oxygen atoms in total. The molecule has 0 heterocycles. The first-order valence-electron chi connectivity index (χ1n) is 8.28. The van der Waals surface area contributed by atoms with Crippen LogP contribution in [0, 0.1) is 0 Å². The summed E-state index contributed by atoms with van der Waals surface area (Å²) in [5.41, 5.74) is 0. The third-order valence-electron chi connectivity index (χ3n) is 2.43. The van der Waals surface area contributed by atoms with E-state index in [9.17, 15) is 15.3 Å². The van der Waals surface area contributed by atoms with Crippen molar-refractivity contribution in [1.82, 2.24) is 0 Å². The molecule has 0 aromatic heterocycles. The van der Waals surface area contributed by atoms with Crippen molar-refractivity contribution in [3.05, 3.63) is 60.1 Å². The van der Waals surface area contributed by atoms with Gasteiger partial charge in [0.2, 0.25) is 0 Å². The Hall–Kier alpha value is -0.706. The van der Waals surface area contributed by atoms with E-state index < -0.39 is 0 Å². The first-order chi connectivity index (χ1) is 11.6. The Labute approximate surface area is 160 Å². The van der Waals surface area contributed by atoms with Crippen molar-refractivity contribution in [2.24, 2.45) is 0 Å². The molecule has 0 aliphatic heterocycles. The summed E-state index contributed by atoms with van der Waals surface area (Å²) in [6.07, 6.45) is 17.7. The molecule has 24 heavy (non-hydrogen) atoms. The van der Waals surface area contributed by atoms with Gasteiger partial charge in [0.15, 0.2) is 0 Å². The summed E-state index contributed by atoms with van der Waals surface area (Å²) in [5.74, 6) is 0. The van der Waals surface area contributed by atoms with Gasteiger partial charge in [-0.2, -0.15) is 0 Å². The second-order valence-corrected chi connectivity index (χ2v) is 5.73.